The zero-order chi connectivity index (χ0) is 12.1. The molecule has 0 saturated heterocycles. The second kappa shape index (κ2) is 5.69. The summed E-state index contributed by atoms with van der Waals surface area (Å²) in [4.78, 5) is 0. The van der Waals surface area contributed by atoms with Gasteiger partial charge < -0.3 is 9.73 Å². The third kappa shape index (κ3) is 3.21. The normalized spacial score (nSPS) is 13.5. The Bertz CT molecular complexity index is 465. The maximum absolute atomic E-state index is 5.71. The van der Waals surface area contributed by atoms with E-state index in [0.29, 0.717) is 6.04 Å². The Morgan fingerprint density at radius 3 is 2.94 bits per heavy atom. The first-order chi connectivity index (χ1) is 8.29. The van der Waals surface area contributed by atoms with Gasteiger partial charge in [0, 0.05) is 11.4 Å². The summed E-state index contributed by atoms with van der Waals surface area (Å²) in [6.07, 6.45) is 5.32. The summed E-state index contributed by atoms with van der Waals surface area (Å²) in [5, 5.41) is 4.56. The summed E-state index contributed by atoms with van der Waals surface area (Å²) in [5.74, 6) is 0.913. The van der Waals surface area contributed by atoms with Gasteiger partial charge in [-0.1, -0.05) is 31.2 Å². The molecule has 1 N–H and O–H groups in total. The Morgan fingerprint density at radius 1 is 1.35 bits per heavy atom. The van der Waals surface area contributed by atoms with E-state index in [1.54, 1.807) is 0 Å². The lowest BCUT2D eigenvalue weighted by Gasteiger charge is -2.06. The summed E-state index contributed by atoms with van der Waals surface area (Å²) in [6, 6.07) is 10.5. The van der Waals surface area contributed by atoms with Crippen molar-refractivity contribution in [3.63, 3.8) is 0 Å². The SMILES string of the molecule is CCCNC(C)/C=C/c1cc2ccccc2o1. The Hall–Kier alpha value is -1.54. The minimum Gasteiger partial charge on any atom is -0.457 e. The lowest BCUT2D eigenvalue weighted by atomic mass is 10.2. The van der Waals surface area contributed by atoms with E-state index in [-0.39, 0.29) is 0 Å². The molecule has 1 aromatic heterocycles. The highest BCUT2D eigenvalue weighted by Gasteiger charge is 2.00. The summed E-state index contributed by atoms with van der Waals surface area (Å²) in [5.41, 5.74) is 0.946. The van der Waals surface area contributed by atoms with Crippen LogP contribution in [0.1, 0.15) is 26.0 Å². The second-order valence-electron chi connectivity index (χ2n) is 4.29. The molecule has 2 heteroatoms. The predicted molar refractivity (Wildman–Crippen MR) is 73.0 cm³/mol. The van der Waals surface area contributed by atoms with Crippen LogP contribution in [0.5, 0.6) is 0 Å². The van der Waals surface area contributed by atoms with E-state index in [0.717, 1.165) is 29.7 Å². The van der Waals surface area contributed by atoms with Gasteiger partial charge in [0.1, 0.15) is 11.3 Å². The molecular formula is C15H19NO. The van der Waals surface area contributed by atoms with E-state index in [1.165, 1.54) is 0 Å². The van der Waals surface area contributed by atoms with E-state index >= 15 is 0 Å². The van der Waals surface area contributed by atoms with Crippen molar-refractivity contribution in [2.45, 2.75) is 26.3 Å². The number of hydrogen-bond donors (Lipinski definition) is 1. The molecule has 17 heavy (non-hydrogen) atoms. The molecule has 2 aromatic rings. The summed E-state index contributed by atoms with van der Waals surface area (Å²) >= 11 is 0. The van der Waals surface area contributed by atoms with Gasteiger partial charge in [-0.05, 0) is 38.1 Å². The Morgan fingerprint density at radius 2 is 2.18 bits per heavy atom. The molecule has 0 saturated carbocycles. The van der Waals surface area contributed by atoms with Crippen molar-refractivity contribution in [3.8, 4) is 0 Å². The van der Waals surface area contributed by atoms with Gasteiger partial charge in [0.25, 0.3) is 0 Å². The minimum absolute atomic E-state index is 0.378. The largest absolute Gasteiger partial charge is 0.457 e. The molecule has 2 rings (SSSR count). The first-order valence-corrected chi connectivity index (χ1v) is 6.19. The van der Waals surface area contributed by atoms with Crippen LogP contribution in [0.4, 0.5) is 0 Å². The van der Waals surface area contributed by atoms with Crippen LogP contribution in [0.25, 0.3) is 17.0 Å². The zero-order valence-electron chi connectivity index (χ0n) is 10.4. The van der Waals surface area contributed by atoms with Gasteiger partial charge >= 0.3 is 0 Å². The standard InChI is InChI=1S/C15H19NO/c1-3-10-16-12(2)8-9-14-11-13-6-4-5-7-15(13)17-14/h4-9,11-12,16H,3,10H2,1-2H3/b9-8+. The fourth-order valence-electron chi connectivity index (χ4n) is 1.76. The third-order valence-electron chi connectivity index (χ3n) is 2.71. The van der Waals surface area contributed by atoms with Crippen LogP contribution in [0.15, 0.2) is 40.8 Å². The van der Waals surface area contributed by atoms with Crippen LogP contribution in [-0.2, 0) is 0 Å². The number of furan rings is 1. The van der Waals surface area contributed by atoms with Gasteiger partial charge in [0.05, 0.1) is 0 Å². The van der Waals surface area contributed by atoms with Crippen LogP contribution in [-0.4, -0.2) is 12.6 Å². The molecule has 1 heterocycles. The average Bonchev–Trinajstić information content (AvgIpc) is 2.76. The molecule has 1 unspecified atom stereocenters. The van der Waals surface area contributed by atoms with E-state index < -0.39 is 0 Å². The zero-order valence-corrected chi connectivity index (χ0v) is 10.4. The van der Waals surface area contributed by atoms with Crippen LogP contribution in [0, 0.1) is 0 Å². The smallest absolute Gasteiger partial charge is 0.134 e. The van der Waals surface area contributed by atoms with Crippen molar-refractivity contribution in [1.82, 2.24) is 5.32 Å². The van der Waals surface area contributed by atoms with Crippen molar-refractivity contribution >= 4 is 17.0 Å². The van der Waals surface area contributed by atoms with Gasteiger partial charge in [-0.2, -0.15) is 0 Å². The highest BCUT2D eigenvalue weighted by Crippen LogP contribution is 2.19. The number of nitrogens with one attached hydrogen (secondary N) is 1. The van der Waals surface area contributed by atoms with Crippen molar-refractivity contribution in [1.29, 1.82) is 0 Å². The Kier molecular flexibility index (Phi) is 3.99. The predicted octanol–water partition coefficient (Wildman–Crippen LogP) is 3.83. The van der Waals surface area contributed by atoms with Gasteiger partial charge in [0.15, 0.2) is 0 Å². The minimum atomic E-state index is 0.378. The topological polar surface area (TPSA) is 25.2 Å². The first kappa shape index (κ1) is 11.9. The number of hydrogen-bond acceptors (Lipinski definition) is 2. The molecule has 1 aromatic carbocycles. The number of benzene rings is 1. The molecule has 0 radical (unpaired) electrons. The molecule has 0 fully saturated rings. The summed E-state index contributed by atoms with van der Waals surface area (Å²) in [7, 11) is 0. The molecule has 0 spiro atoms. The van der Waals surface area contributed by atoms with Gasteiger partial charge in [-0.25, -0.2) is 0 Å². The van der Waals surface area contributed by atoms with Crippen LogP contribution < -0.4 is 5.32 Å². The number of rotatable bonds is 5. The molecule has 0 aliphatic heterocycles. The van der Waals surface area contributed by atoms with Gasteiger partial charge in [-0.3, -0.25) is 0 Å². The second-order valence-corrected chi connectivity index (χ2v) is 4.29. The van der Waals surface area contributed by atoms with Crippen LogP contribution in [0.2, 0.25) is 0 Å². The molecule has 0 bridgehead atoms. The maximum atomic E-state index is 5.71. The summed E-state index contributed by atoms with van der Waals surface area (Å²) in [6.45, 7) is 5.36. The van der Waals surface area contributed by atoms with Crippen LogP contribution in [0.3, 0.4) is 0 Å². The highest BCUT2D eigenvalue weighted by molar-refractivity contribution is 5.79. The third-order valence-corrected chi connectivity index (χ3v) is 2.71. The van der Waals surface area contributed by atoms with Crippen molar-refractivity contribution < 1.29 is 4.42 Å². The van der Waals surface area contributed by atoms with Crippen molar-refractivity contribution in [2.75, 3.05) is 6.54 Å². The fraction of sp³-hybridized carbons (Fsp3) is 0.333. The van der Waals surface area contributed by atoms with E-state index in [1.807, 2.05) is 24.3 Å². The lowest BCUT2D eigenvalue weighted by Crippen LogP contribution is -2.24. The van der Waals surface area contributed by atoms with Gasteiger partial charge in [-0.15, -0.1) is 0 Å². The molecule has 1 atom stereocenters. The summed E-state index contributed by atoms with van der Waals surface area (Å²) < 4.78 is 5.71. The van der Waals surface area contributed by atoms with Crippen molar-refractivity contribution in [3.05, 3.63) is 42.2 Å². The molecule has 0 amide bonds. The lowest BCUT2D eigenvalue weighted by molar-refractivity contribution is 0.600. The van der Waals surface area contributed by atoms with Crippen LogP contribution >= 0.6 is 0 Å². The van der Waals surface area contributed by atoms with E-state index in [9.17, 15) is 0 Å². The molecule has 0 aliphatic carbocycles. The maximum Gasteiger partial charge on any atom is 0.134 e. The molecule has 90 valence electrons. The number of para-hydroxylation sites is 1. The number of fused-ring (bicyclic) bond motifs is 1. The fourth-order valence-corrected chi connectivity index (χ4v) is 1.76. The van der Waals surface area contributed by atoms with Crippen molar-refractivity contribution in [2.24, 2.45) is 0 Å². The van der Waals surface area contributed by atoms with Gasteiger partial charge in [0.2, 0.25) is 0 Å². The first-order valence-electron chi connectivity index (χ1n) is 6.19. The van der Waals surface area contributed by atoms with E-state index in [2.05, 4.69) is 37.4 Å². The Labute approximate surface area is 102 Å². The molecule has 0 aliphatic rings. The Balaban J connectivity index is 2.05. The molecular weight excluding hydrogens is 210 g/mol. The highest BCUT2D eigenvalue weighted by atomic mass is 16.3. The average molecular weight is 229 g/mol. The molecule has 2 nitrogen and oxygen atoms in total. The quantitative estimate of drug-likeness (QED) is 0.842. The van der Waals surface area contributed by atoms with E-state index in [4.69, 9.17) is 4.42 Å². The monoisotopic (exact) mass is 229 g/mol.